The highest BCUT2D eigenvalue weighted by Gasteiger charge is 2.36. The third-order valence-electron chi connectivity index (χ3n) is 5.40. The van der Waals surface area contributed by atoms with E-state index >= 15 is 0 Å². The minimum atomic E-state index is 0.347. The van der Waals surface area contributed by atoms with Crippen LogP contribution < -0.4 is 10.9 Å². The van der Waals surface area contributed by atoms with Crippen molar-refractivity contribution in [2.24, 2.45) is 17.8 Å². The average Bonchev–Trinajstić information content (AvgIpc) is 2.98. The second-order valence-electron chi connectivity index (χ2n) is 7.85. The number of benzene rings is 1. The van der Waals surface area contributed by atoms with Gasteiger partial charge in [0.2, 0.25) is 0 Å². The summed E-state index contributed by atoms with van der Waals surface area (Å²) in [6.45, 7) is 8.65. The Kier molecular flexibility index (Phi) is 6.03. The lowest BCUT2D eigenvalue weighted by molar-refractivity contribution is 0.127. The zero-order chi connectivity index (χ0) is 17.1. The molecule has 2 aliphatic heterocycles. The van der Waals surface area contributed by atoms with E-state index in [0.29, 0.717) is 22.7 Å². The van der Waals surface area contributed by atoms with Crippen molar-refractivity contribution < 1.29 is 5.11 Å². The lowest BCUT2D eigenvalue weighted by atomic mass is 9.81. The molecule has 3 rings (SSSR count). The third kappa shape index (κ3) is 4.42. The second kappa shape index (κ2) is 8.05. The highest BCUT2D eigenvalue weighted by molar-refractivity contribution is 6.30. The van der Waals surface area contributed by atoms with Gasteiger partial charge in [-0.1, -0.05) is 25.4 Å². The minimum Gasteiger partial charge on any atom is -0.508 e. The number of nitrogens with zero attached hydrogens (tertiary/aromatic N) is 1. The van der Waals surface area contributed by atoms with Crippen molar-refractivity contribution in [2.75, 3.05) is 19.6 Å². The molecule has 2 heterocycles. The summed E-state index contributed by atoms with van der Waals surface area (Å²) < 4.78 is 0. The van der Waals surface area contributed by atoms with Crippen molar-refractivity contribution >= 4 is 11.6 Å². The number of rotatable bonds is 5. The van der Waals surface area contributed by atoms with Gasteiger partial charge in [-0.05, 0) is 61.8 Å². The van der Waals surface area contributed by atoms with Crippen molar-refractivity contribution in [3.8, 4) is 5.75 Å². The second-order valence-corrected chi connectivity index (χ2v) is 8.29. The largest absolute Gasteiger partial charge is 0.508 e. The van der Waals surface area contributed by atoms with Crippen LogP contribution in [0.3, 0.4) is 0 Å². The highest BCUT2D eigenvalue weighted by atomic mass is 35.5. The molecule has 2 saturated heterocycles. The Balaban J connectivity index is 1.62. The molecule has 134 valence electrons. The first-order valence-corrected chi connectivity index (χ1v) is 9.59. The van der Waals surface area contributed by atoms with E-state index in [-0.39, 0.29) is 0 Å². The molecule has 0 aromatic heterocycles. The maximum Gasteiger partial charge on any atom is 0.120 e. The van der Waals surface area contributed by atoms with E-state index in [4.69, 9.17) is 11.6 Å². The zero-order valence-electron chi connectivity index (χ0n) is 14.8. The molecule has 3 N–H and O–H groups in total. The molecule has 3 atom stereocenters. The zero-order valence-corrected chi connectivity index (χ0v) is 15.5. The monoisotopic (exact) mass is 351 g/mol. The summed E-state index contributed by atoms with van der Waals surface area (Å²) in [5, 5.41) is 10.8. The minimum absolute atomic E-state index is 0.347. The van der Waals surface area contributed by atoms with Gasteiger partial charge in [-0.3, -0.25) is 15.8 Å². The van der Waals surface area contributed by atoms with Crippen LogP contribution >= 0.6 is 11.6 Å². The smallest absolute Gasteiger partial charge is 0.120 e. The molecule has 1 aromatic carbocycles. The molecule has 4 nitrogen and oxygen atoms in total. The Morgan fingerprint density at radius 2 is 2.21 bits per heavy atom. The lowest BCUT2D eigenvalue weighted by Crippen LogP contribution is -2.46. The van der Waals surface area contributed by atoms with Crippen LogP contribution in [-0.4, -0.2) is 35.7 Å². The maximum atomic E-state index is 10.1. The highest BCUT2D eigenvalue weighted by Crippen LogP contribution is 2.31. The van der Waals surface area contributed by atoms with Gasteiger partial charge in [0.1, 0.15) is 5.75 Å². The van der Waals surface area contributed by atoms with Crippen LogP contribution in [0.2, 0.25) is 5.02 Å². The molecule has 0 radical (unpaired) electrons. The molecule has 0 bridgehead atoms. The van der Waals surface area contributed by atoms with Gasteiger partial charge >= 0.3 is 0 Å². The molecule has 2 aliphatic rings. The van der Waals surface area contributed by atoms with Crippen LogP contribution in [-0.2, 0) is 6.54 Å². The summed E-state index contributed by atoms with van der Waals surface area (Å²) in [6.07, 6.45) is 3.78. The fraction of sp³-hybridized carbons (Fsp3) is 0.684. The molecule has 5 heteroatoms. The normalized spacial score (nSPS) is 28.6. The Hall–Kier alpha value is -0.810. The Morgan fingerprint density at radius 3 is 3.00 bits per heavy atom. The van der Waals surface area contributed by atoms with Crippen molar-refractivity contribution in [1.29, 1.82) is 0 Å². The molecule has 1 aromatic rings. The number of phenolic OH excluding ortho intramolecular Hbond substituents is 1. The molecule has 0 spiro atoms. The fourth-order valence-electron chi connectivity index (χ4n) is 4.34. The van der Waals surface area contributed by atoms with Crippen LogP contribution in [0.1, 0.15) is 38.7 Å². The van der Waals surface area contributed by atoms with E-state index in [1.807, 2.05) is 6.07 Å². The van der Waals surface area contributed by atoms with Crippen LogP contribution in [0, 0.1) is 17.8 Å². The first-order valence-electron chi connectivity index (χ1n) is 9.21. The Bertz CT molecular complexity index is 551. The van der Waals surface area contributed by atoms with Gasteiger partial charge in [-0.25, -0.2) is 0 Å². The van der Waals surface area contributed by atoms with Gasteiger partial charge in [0.15, 0.2) is 0 Å². The van der Waals surface area contributed by atoms with Gasteiger partial charge in [0.05, 0.1) is 0 Å². The first-order chi connectivity index (χ1) is 11.5. The van der Waals surface area contributed by atoms with Gasteiger partial charge < -0.3 is 5.11 Å². The summed E-state index contributed by atoms with van der Waals surface area (Å²) in [7, 11) is 0. The number of piperidine rings is 1. The van der Waals surface area contributed by atoms with Crippen LogP contribution in [0.25, 0.3) is 0 Å². The topological polar surface area (TPSA) is 47.5 Å². The quantitative estimate of drug-likeness (QED) is 0.761. The number of hydrogen-bond acceptors (Lipinski definition) is 4. The third-order valence-corrected chi connectivity index (χ3v) is 5.64. The van der Waals surface area contributed by atoms with Crippen LogP contribution in [0.5, 0.6) is 5.75 Å². The van der Waals surface area contributed by atoms with Crippen LogP contribution in [0.4, 0.5) is 0 Å². The fourth-order valence-corrected chi connectivity index (χ4v) is 4.54. The van der Waals surface area contributed by atoms with Crippen molar-refractivity contribution in [3.63, 3.8) is 0 Å². The number of aromatic hydroxyl groups is 1. The molecule has 0 aliphatic carbocycles. The van der Waals surface area contributed by atoms with E-state index in [1.54, 1.807) is 12.1 Å². The molecule has 0 amide bonds. The standard InChI is InChI=1S/C19H30ClN3O/c1-13(2)8-15-10-21-22-19(15)14-4-3-7-23(11-14)12-16-9-17(20)5-6-18(16)24/h5-6,9,13-15,19,21-22,24H,3-4,7-8,10-12H2,1-2H3. The number of likely N-dealkylation sites (tertiary alicyclic amines) is 1. The van der Waals surface area contributed by atoms with Gasteiger partial charge in [0.25, 0.3) is 0 Å². The van der Waals surface area contributed by atoms with Crippen molar-refractivity contribution in [3.05, 3.63) is 28.8 Å². The van der Waals surface area contributed by atoms with Crippen molar-refractivity contribution in [1.82, 2.24) is 15.8 Å². The Labute approximate surface area is 150 Å². The Morgan fingerprint density at radius 1 is 1.38 bits per heavy atom. The molecule has 24 heavy (non-hydrogen) atoms. The summed E-state index contributed by atoms with van der Waals surface area (Å²) in [5.74, 6) is 2.47. The SMILES string of the molecule is CC(C)CC1CNNC1C1CCCN(Cc2cc(Cl)ccc2O)C1. The lowest BCUT2D eigenvalue weighted by Gasteiger charge is -2.37. The summed E-state index contributed by atoms with van der Waals surface area (Å²) >= 11 is 6.09. The van der Waals surface area contributed by atoms with E-state index < -0.39 is 0 Å². The van der Waals surface area contributed by atoms with E-state index in [9.17, 15) is 5.11 Å². The predicted molar refractivity (Wildman–Crippen MR) is 99.0 cm³/mol. The van der Waals surface area contributed by atoms with E-state index in [1.165, 1.54) is 19.3 Å². The van der Waals surface area contributed by atoms with Gasteiger partial charge in [0, 0.05) is 36.3 Å². The first kappa shape index (κ1) is 18.0. The van der Waals surface area contributed by atoms with Crippen molar-refractivity contribution in [2.45, 2.75) is 45.7 Å². The molecule has 2 fully saturated rings. The predicted octanol–water partition coefficient (Wildman–Crippen LogP) is 3.40. The molecule has 3 unspecified atom stereocenters. The van der Waals surface area contributed by atoms with E-state index in [2.05, 4.69) is 29.6 Å². The van der Waals surface area contributed by atoms with E-state index in [0.717, 1.165) is 43.6 Å². The number of phenols is 1. The maximum absolute atomic E-state index is 10.1. The summed E-state index contributed by atoms with van der Waals surface area (Å²) in [6, 6.07) is 5.88. The molecular weight excluding hydrogens is 322 g/mol. The molecule has 0 saturated carbocycles. The average molecular weight is 352 g/mol. The summed E-state index contributed by atoms with van der Waals surface area (Å²) in [5.41, 5.74) is 7.85. The number of hydrogen-bond donors (Lipinski definition) is 3. The number of nitrogens with one attached hydrogen (secondary N) is 2. The van der Waals surface area contributed by atoms with Gasteiger partial charge in [-0.2, -0.15) is 0 Å². The summed E-state index contributed by atoms with van der Waals surface area (Å²) in [4.78, 5) is 2.46. The van der Waals surface area contributed by atoms with Crippen LogP contribution in [0.15, 0.2) is 18.2 Å². The van der Waals surface area contributed by atoms with Gasteiger partial charge in [-0.15, -0.1) is 0 Å². The number of halogens is 1. The number of hydrazine groups is 1. The molecular formula is C19H30ClN3O.